The first-order valence-corrected chi connectivity index (χ1v) is 6.94. The van der Waals surface area contributed by atoms with E-state index in [2.05, 4.69) is 80.5 Å². The van der Waals surface area contributed by atoms with Gasteiger partial charge in [0.1, 0.15) is 0 Å². The van der Waals surface area contributed by atoms with Gasteiger partial charge in [0.25, 0.3) is 0 Å². The van der Waals surface area contributed by atoms with Crippen molar-refractivity contribution in [3.8, 4) is 0 Å². The molecule has 0 heterocycles. The highest BCUT2D eigenvalue weighted by atomic mass is 15.1. The molecule has 0 N–H and O–H groups in total. The molecule has 1 aliphatic carbocycles. The van der Waals surface area contributed by atoms with Crippen molar-refractivity contribution >= 4 is 0 Å². The van der Waals surface area contributed by atoms with Gasteiger partial charge in [-0.1, -0.05) is 61.5 Å². The number of benzene rings is 2. The molecule has 1 aliphatic rings. The van der Waals surface area contributed by atoms with Gasteiger partial charge in [0.15, 0.2) is 0 Å². The Morgan fingerprint density at radius 3 is 2.26 bits per heavy atom. The van der Waals surface area contributed by atoms with E-state index < -0.39 is 0 Å². The van der Waals surface area contributed by atoms with E-state index in [0.717, 1.165) is 6.42 Å². The van der Waals surface area contributed by atoms with Crippen molar-refractivity contribution in [2.45, 2.75) is 24.8 Å². The van der Waals surface area contributed by atoms with Crippen LogP contribution in [0.4, 0.5) is 0 Å². The van der Waals surface area contributed by atoms with Crippen molar-refractivity contribution in [2.24, 2.45) is 0 Å². The fraction of sp³-hybridized carbons (Fsp3) is 0.333. The lowest BCUT2D eigenvalue weighted by Gasteiger charge is -2.28. The summed E-state index contributed by atoms with van der Waals surface area (Å²) in [7, 11) is 4.36. The second kappa shape index (κ2) is 4.50. The van der Waals surface area contributed by atoms with Gasteiger partial charge < -0.3 is 4.90 Å². The van der Waals surface area contributed by atoms with Crippen LogP contribution in [0.5, 0.6) is 0 Å². The highest BCUT2D eigenvalue weighted by molar-refractivity contribution is 5.49. The van der Waals surface area contributed by atoms with Crippen molar-refractivity contribution in [1.82, 2.24) is 4.90 Å². The van der Waals surface area contributed by atoms with Gasteiger partial charge in [0.05, 0.1) is 0 Å². The van der Waals surface area contributed by atoms with Gasteiger partial charge in [-0.15, -0.1) is 0 Å². The first-order valence-electron chi connectivity index (χ1n) is 6.94. The van der Waals surface area contributed by atoms with Gasteiger partial charge in [0, 0.05) is 11.5 Å². The minimum absolute atomic E-state index is 0.132. The standard InChI is InChI=1S/C18H21N/c1-18(14-9-5-4-6-10-14)13-17(19(2)3)15-11-7-8-12-16(15)18/h4-12,17H,13H2,1-3H3. The van der Waals surface area contributed by atoms with Gasteiger partial charge in [-0.05, 0) is 37.2 Å². The molecule has 19 heavy (non-hydrogen) atoms. The van der Waals surface area contributed by atoms with Crippen LogP contribution >= 0.6 is 0 Å². The normalized spacial score (nSPS) is 25.6. The summed E-state index contributed by atoms with van der Waals surface area (Å²) in [6.45, 7) is 2.38. The van der Waals surface area contributed by atoms with Crippen LogP contribution in [0, 0.1) is 0 Å². The molecule has 2 atom stereocenters. The third-order valence-corrected chi connectivity index (χ3v) is 4.55. The summed E-state index contributed by atoms with van der Waals surface area (Å²) in [6.07, 6.45) is 1.16. The van der Waals surface area contributed by atoms with Crippen molar-refractivity contribution in [3.05, 3.63) is 71.3 Å². The van der Waals surface area contributed by atoms with E-state index in [-0.39, 0.29) is 5.41 Å². The van der Waals surface area contributed by atoms with Crippen molar-refractivity contribution < 1.29 is 0 Å². The first-order chi connectivity index (χ1) is 9.13. The zero-order valence-corrected chi connectivity index (χ0v) is 11.9. The lowest BCUT2D eigenvalue weighted by Crippen LogP contribution is -2.23. The van der Waals surface area contributed by atoms with Crippen LogP contribution in [-0.2, 0) is 5.41 Å². The van der Waals surface area contributed by atoms with Crippen LogP contribution in [0.15, 0.2) is 54.6 Å². The van der Waals surface area contributed by atoms with Gasteiger partial charge in [-0.2, -0.15) is 0 Å². The molecule has 0 bridgehead atoms. The van der Waals surface area contributed by atoms with E-state index >= 15 is 0 Å². The number of nitrogens with zero attached hydrogens (tertiary/aromatic N) is 1. The van der Waals surface area contributed by atoms with Gasteiger partial charge in [-0.3, -0.25) is 0 Å². The number of hydrogen-bond acceptors (Lipinski definition) is 1. The van der Waals surface area contributed by atoms with Crippen LogP contribution in [0.3, 0.4) is 0 Å². The second-order valence-electron chi connectivity index (χ2n) is 5.97. The summed E-state index contributed by atoms with van der Waals surface area (Å²) < 4.78 is 0. The highest BCUT2D eigenvalue weighted by Crippen LogP contribution is 2.50. The summed E-state index contributed by atoms with van der Waals surface area (Å²) in [6, 6.07) is 20.3. The monoisotopic (exact) mass is 251 g/mol. The maximum absolute atomic E-state index is 2.38. The molecule has 2 aromatic rings. The van der Waals surface area contributed by atoms with E-state index in [1.165, 1.54) is 16.7 Å². The molecule has 0 aromatic heterocycles. The van der Waals surface area contributed by atoms with Crippen LogP contribution in [0.1, 0.15) is 36.1 Å². The molecule has 0 amide bonds. The van der Waals surface area contributed by atoms with Crippen LogP contribution < -0.4 is 0 Å². The SMILES string of the molecule is CN(C)C1CC(C)(c2ccccc2)c2ccccc21. The summed E-state index contributed by atoms with van der Waals surface area (Å²) in [5, 5.41) is 0. The van der Waals surface area contributed by atoms with Crippen LogP contribution in [-0.4, -0.2) is 19.0 Å². The van der Waals surface area contributed by atoms with E-state index in [9.17, 15) is 0 Å². The zero-order chi connectivity index (χ0) is 13.5. The topological polar surface area (TPSA) is 3.24 Å². The summed E-state index contributed by atoms with van der Waals surface area (Å²) in [4.78, 5) is 2.34. The molecule has 0 saturated heterocycles. The first kappa shape index (κ1) is 12.4. The van der Waals surface area contributed by atoms with Crippen LogP contribution in [0.25, 0.3) is 0 Å². The molecule has 3 rings (SSSR count). The maximum atomic E-state index is 2.38. The molecular formula is C18H21N. The van der Waals surface area contributed by atoms with Crippen LogP contribution in [0.2, 0.25) is 0 Å². The van der Waals surface area contributed by atoms with Gasteiger partial charge in [-0.25, -0.2) is 0 Å². The van der Waals surface area contributed by atoms with E-state index in [1.807, 2.05) is 0 Å². The molecule has 2 aromatic carbocycles. The smallest absolute Gasteiger partial charge is 0.0356 e. The molecule has 2 unspecified atom stereocenters. The second-order valence-corrected chi connectivity index (χ2v) is 5.97. The molecule has 0 aliphatic heterocycles. The Kier molecular flexibility index (Phi) is 2.94. The summed E-state index contributed by atoms with van der Waals surface area (Å²) in [5.41, 5.74) is 4.53. The summed E-state index contributed by atoms with van der Waals surface area (Å²) in [5.74, 6) is 0. The predicted octanol–water partition coefficient (Wildman–Crippen LogP) is 4.00. The third kappa shape index (κ3) is 1.89. The molecule has 1 heteroatoms. The Bertz CT molecular complexity index is 573. The lowest BCUT2D eigenvalue weighted by atomic mass is 9.77. The maximum Gasteiger partial charge on any atom is 0.0356 e. The fourth-order valence-corrected chi connectivity index (χ4v) is 3.44. The van der Waals surface area contributed by atoms with Crippen molar-refractivity contribution in [1.29, 1.82) is 0 Å². The molecule has 98 valence electrons. The largest absolute Gasteiger partial charge is 0.302 e. The molecular weight excluding hydrogens is 230 g/mol. The average molecular weight is 251 g/mol. The molecule has 0 radical (unpaired) electrons. The Labute approximate surface area is 115 Å². The number of fused-ring (bicyclic) bond motifs is 1. The van der Waals surface area contributed by atoms with E-state index in [0.29, 0.717) is 6.04 Å². The minimum Gasteiger partial charge on any atom is -0.302 e. The number of hydrogen-bond donors (Lipinski definition) is 0. The van der Waals surface area contributed by atoms with Crippen molar-refractivity contribution in [3.63, 3.8) is 0 Å². The molecule has 0 saturated carbocycles. The molecule has 0 spiro atoms. The van der Waals surface area contributed by atoms with Gasteiger partial charge >= 0.3 is 0 Å². The Balaban J connectivity index is 2.15. The predicted molar refractivity (Wildman–Crippen MR) is 80.4 cm³/mol. The minimum atomic E-state index is 0.132. The van der Waals surface area contributed by atoms with E-state index in [4.69, 9.17) is 0 Å². The van der Waals surface area contributed by atoms with Crippen molar-refractivity contribution in [2.75, 3.05) is 14.1 Å². The Hall–Kier alpha value is -1.60. The zero-order valence-electron chi connectivity index (χ0n) is 11.9. The van der Waals surface area contributed by atoms with E-state index in [1.54, 1.807) is 0 Å². The highest BCUT2D eigenvalue weighted by Gasteiger charge is 2.41. The Morgan fingerprint density at radius 1 is 0.947 bits per heavy atom. The Morgan fingerprint density at radius 2 is 1.58 bits per heavy atom. The quantitative estimate of drug-likeness (QED) is 0.780. The lowest BCUT2D eigenvalue weighted by molar-refractivity contribution is 0.275. The third-order valence-electron chi connectivity index (χ3n) is 4.55. The summed E-state index contributed by atoms with van der Waals surface area (Å²) >= 11 is 0. The molecule has 1 nitrogen and oxygen atoms in total. The molecule has 0 fully saturated rings. The average Bonchev–Trinajstić information content (AvgIpc) is 2.76. The number of rotatable bonds is 2. The fourth-order valence-electron chi connectivity index (χ4n) is 3.44. The van der Waals surface area contributed by atoms with Gasteiger partial charge in [0.2, 0.25) is 0 Å².